The number of amides is 1. The average Bonchev–Trinajstić information content (AvgIpc) is 2.77. The molecule has 1 saturated heterocycles. The smallest absolute Gasteiger partial charge is 0.272 e. The van der Waals surface area contributed by atoms with E-state index in [9.17, 15) is 9.18 Å². The number of para-hydroxylation sites is 1. The van der Waals surface area contributed by atoms with Crippen LogP contribution in [0.4, 0.5) is 15.8 Å². The highest BCUT2D eigenvalue weighted by Gasteiger charge is 2.23. The number of pyridine rings is 1. The molecule has 1 fully saturated rings. The zero-order valence-electron chi connectivity index (χ0n) is 16.1. The van der Waals surface area contributed by atoms with Crippen LogP contribution >= 0.6 is 0 Å². The van der Waals surface area contributed by atoms with Gasteiger partial charge in [0.1, 0.15) is 11.5 Å². The normalized spacial score (nSPS) is 14.6. The number of carbonyl (C=O) groups excluding carboxylic acids is 1. The molecule has 1 amide bonds. The Morgan fingerprint density at radius 3 is 2.34 bits per heavy atom. The third kappa shape index (κ3) is 4.78. The lowest BCUT2D eigenvalue weighted by Crippen LogP contribution is -2.48. The topological polar surface area (TPSA) is 48.5 Å². The van der Waals surface area contributed by atoms with E-state index in [2.05, 4.69) is 27.3 Å². The lowest BCUT2D eigenvalue weighted by Gasteiger charge is -2.34. The van der Waals surface area contributed by atoms with E-state index >= 15 is 0 Å². The van der Waals surface area contributed by atoms with Crippen molar-refractivity contribution >= 4 is 17.3 Å². The summed E-state index contributed by atoms with van der Waals surface area (Å²) in [5.41, 5.74) is 2.70. The SMILES string of the molecule is O=C(c1ccc(Nc2ccccc2F)cn1)N1CCN(Cc2ccccc2)CC1. The highest BCUT2D eigenvalue weighted by atomic mass is 19.1. The predicted octanol–water partition coefficient (Wildman–Crippen LogP) is 3.92. The van der Waals surface area contributed by atoms with Gasteiger partial charge < -0.3 is 10.2 Å². The van der Waals surface area contributed by atoms with Crippen molar-refractivity contribution in [1.82, 2.24) is 14.8 Å². The number of hydrogen-bond acceptors (Lipinski definition) is 4. The molecule has 148 valence electrons. The summed E-state index contributed by atoms with van der Waals surface area (Å²) in [4.78, 5) is 21.2. The van der Waals surface area contributed by atoms with Crippen molar-refractivity contribution in [3.05, 3.63) is 90.0 Å². The molecule has 1 aromatic heterocycles. The van der Waals surface area contributed by atoms with Gasteiger partial charge in [-0.25, -0.2) is 9.37 Å². The first kappa shape index (κ1) is 19.1. The Bertz CT molecular complexity index is 954. The van der Waals surface area contributed by atoms with Crippen LogP contribution in [0.3, 0.4) is 0 Å². The lowest BCUT2D eigenvalue weighted by molar-refractivity contribution is 0.0623. The van der Waals surface area contributed by atoms with E-state index in [1.165, 1.54) is 11.6 Å². The molecule has 0 spiro atoms. The van der Waals surface area contributed by atoms with Gasteiger partial charge in [0.2, 0.25) is 0 Å². The fourth-order valence-electron chi connectivity index (χ4n) is 3.43. The Kier molecular flexibility index (Phi) is 5.81. The number of halogens is 1. The number of hydrogen-bond donors (Lipinski definition) is 1. The van der Waals surface area contributed by atoms with Gasteiger partial charge in [-0.3, -0.25) is 9.69 Å². The Balaban J connectivity index is 1.32. The number of nitrogens with one attached hydrogen (secondary N) is 1. The van der Waals surface area contributed by atoms with Gasteiger partial charge in [0.25, 0.3) is 5.91 Å². The minimum absolute atomic E-state index is 0.0678. The van der Waals surface area contributed by atoms with Crippen LogP contribution in [-0.2, 0) is 6.54 Å². The van der Waals surface area contributed by atoms with Gasteiger partial charge in [0, 0.05) is 32.7 Å². The van der Waals surface area contributed by atoms with Crippen LogP contribution in [-0.4, -0.2) is 46.9 Å². The van der Waals surface area contributed by atoms with Crippen molar-refractivity contribution in [2.45, 2.75) is 6.54 Å². The van der Waals surface area contributed by atoms with Gasteiger partial charge in [0.05, 0.1) is 17.6 Å². The first-order chi connectivity index (χ1) is 14.2. The number of benzene rings is 2. The second kappa shape index (κ2) is 8.84. The Hall–Kier alpha value is -3.25. The molecule has 1 N–H and O–H groups in total. The van der Waals surface area contributed by atoms with E-state index < -0.39 is 0 Å². The second-order valence-electron chi connectivity index (χ2n) is 7.09. The summed E-state index contributed by atoms with van der Waals surface area (Å²) in [6.07, 6.45) is 1.56. The lowest BCUT2D eigenvalue weighted by atomic mass is 10.2. The summed E-state index contributed by atoms with van der Waals surface area (Å²) in [6, 6.07) is 20.2. The van der Waals surface area contributed by atoms with E-state index in [1.54, 1.807) is 36.5 Å². The summed E-state index contributed by atoms with van der Waals surface area (Å²) in [5.74, 6) is -0.400. The molecule has 1 aliphatic heterocycles. The van der Waals surface area contributed by atoms with E-state index in [0.29, 0.717) is 30.2 Å². The molecule has 0 radical (unpaired) electrons. The van der Waals surface area contributed by atoms with Gasteiger partial charge in [-0.1, -0.05) is 42.5 Å². The molecule has 5 nitrogen and oxygen atoms in total. The van der Waals surface area contributed by atoms with Crippen LogP contribution in [0.5, 0.6) is 0 Å². The number of carbonyl (C=O) groups is 1. The maximum atomic E-state index is 13.7. The fraction of sp³-hybridized carbons (Fsp3) is 0.217. The van der Waals surface area contributed by atoms with Gasteiger partial charge in [0.15, 0.2) is 0 Å². The number of piperazine rings is 1. The summed E-state index contributed by atoms with van der Waals surface area (Å²) in [7, 11) is 0. The average molecular weight is 390 g/mol. The first-order valence-electron chi connectivity index (χ1n) is 9.72. The Morgan fingerprint density at radius 1 is 0.931 bits per heavy atom. The molecule has 0 bridgehead atoms. The van der Waals surface area contributed by atoms with E-state index in [4.69, 9.17) is 0 Å². The van der Waals surface area contributed by atoms with Crippen molar-refractivity contribution in [3.63, 3.8) is 0 Å². The van der Waals surface area contributed by atoms with Crippen LogP contribution in [0, 0.1) is 5.82 Å². The summed E-state index contributed by atoms with van der Waals surface area (Å²) in [5, 5.41) is 2.98. The van der Waals surface area contributed by atoms with Crippen molar-refractivity contribution in [2.75, 3.05) is 31.5 Å². The van der Waals surface area contributed by atoms with Gasteiger partial charge >= 0.3 is 0 Å². The zero-order valence-corrected chi connectivity index (χ0v) is 16.1. The molecule has 0 unspecified atom stereocenters. The first-order valence-corrected chi connectivity index (χ1v) is 9.72. The van der Waals surface area contributed by atoms with Crippen LogP contribution < -0.4 is 5.32 Å². The van der Waals surface area contributed by atoms with Crippen LogP contribution in [0.2, 0.25) is 0 Å². The van der Waals surface area contributed by atoms with E-state index in [-0.39, 0.29) is 11.7 Å². The monoisotopic (exact) mass is 390 g/mol. The van der Waals surface area contributed by atoms with Crippen LogP contribution in [0.25, 0.3) is 0 Å². The summed E-state index contributed by atoms with van der Waals surface area (Å²) < 4.78 is 13.7. The summed E-state index contributed by atoms with van der Waals surface area (Å²) in [6.45, 7) is 3.95. The highest BCUT2D eigenvalue weighted by Crippen LogP contribution is 2.19. The van der Waals surface area contributed by atoms with Gasteiger partial charge in [-0.15, -0.1) is 0 Å². The molecular weight excluding hydrogens is 367 g/mol. The number of rotatable bonds is 5. The molecule has 2 aromatic carbocycles. The third-order valence-electron chi connectivity index (χ3n) is 5.04. The Labute approximate surface area is 169 Å². The fourth-order valence-corrected chi connectivity index (χ4v) is 3.43. The van der Waals surface area contributed by atoms with E-state index in [1.807, 2.05) is 23.1 Å². The molecule has 0 saturated carbocycles. The maximum Gasteiger partial charge on any atom is 0.272 e. The highest BCUT2D eigenvalue weighted by molar-refractivity contribution is 5.92. The molecule has 0 aliphatic carbocycles. The second-order valence-corrected chi connectivity index (χ2v) is 7.09. The number of nitrogens with zero attached hydrogens (tertiary/aromatic N) is 3. The summed E-state index contributed by atoms with van der Waals surface area (Å²) >= 11 is 0. The van der Waals surface area contributed by atoms with Crippen molar-refractivity contribution < 1.29 is 9.18 Å². The predicted molar refractivity (Wildman–Crippen MR) is 112 cm³/mol. The molecule has 29 heavy (non-hydrogen) atoms. The molecular formula is C23H23FN4O. The number of anilines is 2. The number of aromatic nitrogens is 1. The van der Waals surface area contributed by atoms with Crippen LogP contribution in [0.15, 0.2) is 72.9 Å². The molecule has 3 aromatic rings. The van der Waals surface area contributed by atoms with Gasteiger partial charge in [-0.05, 0) is 29.8 Å². The van der Waals surface area contributed by atoms with Crippen molar-refractivity contribution in [1.29, 1.82) is 0 Å². The molecule has 2 heterocycles. The Morgan fingerprint density at radius 2 is 1.66 bits per heavy atom. The van der Waals surface area contributed by atoms with Gasteiger partial charge in [-0.2, -0.15) is 0 Å². The third-order valence-corrected chi connectivity index (χ3v) is 5.04. The molecule has 0 atom stereocenters. The minimum atomic E-state index is -0.332. The van der Waals surface area contributed by atoms with Crippen molar-refractivity contribution in [2.24, 2.45) is 0 Å². The van der Waals surface area contributed by atoms with Crippen LogP contribution in [0.1, 0.15) is 16.1 Å². The van der Waals surface area contributed by atoms with E-state index in [0.717, 1.165) is 19.6 Å². The minimum Gasteiger partial charge on any atom is -0.352 e. The maximum absolute atomic E-state index is 13.7. The van der Waals surface area contributed by atoms with Crippen molar-refractivity contribution in [3.8, 4) is 0 Å². The zero-order chi connectivity index (χ0) is 20.1. The molecule has 1 aliphatic rings. The standard InChI is InChI=1S/C23H23FN4O/c24-20-8-4-5-9-21(20)26-19-10-11-22(25-16-19)23(29)28-14-12-27(13-15-28)17-18-6-2-1-3-7-18/h1-11,16,26H,12-15,17H2. The molecule has 4 rings (SSSR count). The largest absolute Gasteiger partial charge is 0.352 e. The molecule has 6 heteroatoms. The quantitative estimate of drug-likeness (QED) is 0.717.